The summed E-state index contributed by atoms with van der Waals surface area (Å²) in [6.45, 7) is 27.7. The highest BCUT2D eigenvalue weighted by Gasteiger charge is 2.63. The molecule has 4 aliphatic carbocycles. The zero-order valence-corrected chi connectivity index (χ0v) is 32.7. The molecule has 4 fully saturated rings. The van der Waals surface area contributed by atoms with E-state index in [-0.39, 0.29) is 26.8 Å². The molecule has 4 rings (SSSR count). The maximum absolute atomic E-state index is 13.0. The lowest BCUT2D eigenvalue weighted by Crippen LogP contribution is -2.58. The van der Waals surface area contributed by atoms with Crippen LogP contribution in [-0.4, -0.2) is 44.9 Å². The summed E-state index contributed by atoms with van der Waals surface area (Å²) >= 11 is 0. The maximum Gasteiger partial charge on any atom is 0.417 e. The van der Waals surface area contributed by atoms with Crippen LogP contribution in [0.2, 0.25) is 36.3 Å². The molecule has 0 aromatic carbocycles. The monoisotopic (exact) mass is 672 g/mol. The molecule has 4 unspecified atom stereocenters. The zero-order chi connectivity index (χ0) is 34.2. The van der Waals surface area contributed by atoms with Gasteiger partial charge in [-0.1, -0.05) is 67.5 Å². The first-order valence-corrected chi connectivity index (χ1v) is 23.9. The van der Waals surface area contributed by atoms with Crippen molar-refractivity contribution in [2.24, 2.45) is 52.3 Å². The van der Waals surface area contributed by atoms with Gasteiger partial charge in [-0.3, -0.25) is 0 Å². The van der Waals surface area contributed by atoms with Gasteiger partial charge in [0, 0.05) is 6.10 Å². The second kappa shape index (κ2) is 12.3. The summed E-state index contributed by atoms with van der Waals surface area (Å²) in [7, 11) is -4.30. The van der Waals surface area contributed by atoms with Crippen LogP contribution < -0.4 is 0 Å². The molecule has 4 saturated carbocycles. The van der Waals surface area contributed by atoms with Crippen LogP contribution in [0.15, 0.2) is 12.2 Å². The van der Waals surface area contributed by atoms with Crippen molar-refractivity contribution in [2.45, 2.75) is 168 Å². The minimum atomic E-state index is -4.62. The molecule has 0 aromatic rings. The fourth-order valence-electron chi connectivity index (χ4n) is 10.7. The van der Waals surface area contributed by atoms with E-state index in [4.69, 9.17) is 4.43 Å². The quantitative estimate of drug-likeness (QED) is 0.199. The number of hydrogen-bond acceptors (Lipinski definition) is 3. The molecule has 0 heterocycles. The number of alkyl halides is 3. The van der Waals surface area contributed by atoms with E-state index in [0.717, 1.165) is 44.6 Å². The Labute approximate surface area is 275 Å². The van der Waals surface area contributed by atoms with Crippen LogP contribution in [0, 0.1) is 52.3 Å². The highest BCUT2D eigenvalue weighted by Crippen LogP contribution is 2.70. The van der Waals surface area contributed by atoms with Gasteiger partial charge < -0.3 is 14.3 Å². The lowest BCUT2D eigenvalue weighted by molar-refractivity contribution is -0.187. The van der Waals surface area contributed by atoms with E-state index < -0.39 is 28.9 Å². The molecule has 0 aliphatic heterocycles. The molecule has 8 heteroatoms. The van der Waals surface area contributed by atoms with Gasteiger partial charge in [0.25, 0.3) is 0 Å². The molecule has 262 valence electrons. The second-order valence-corrected chi connectivity index (χ2v) is 28.6. The van der Waals surface area contributed by atoms with E-state index in [9.17, 15) is 23.1 Å². The Hall–Kier alpha value is -0.156. The van der Waals surface area contributed by atoms with Crippen molar-refractivity contribution < 1.29 is 27.5 Å². The van der Waals surface area contributed by atoms with E-state index in [2.05, 4.69) is 81.6 Å². The van der Waals surface area contributed by atoms with Gasteiger partial charge in [-0.2, -0.15) is 13.2 Å². The third kappa shape index (κ3) is 7.12. The van der Waals surface area contributed by atoms with Crippen LogP contribution in [0.5, 0.6) is 0 Å². The first-order valence-electron chi connectivity index (χ1n) is 18.1. The number of halogens is 3. The Morgan fingerprint density at radius 3 is 1.98 bits per heavy atom. The summed E-state index contributed by atoms with van der Waals surface area (Å²) in [5, 5.41) is 9.73. The highest BCUT2D eigenvalue weighted by atomic mass is 28.4. The highest BCUT2D eigenvalue weighted by molar-refractivity contribution is 6.74. The Bertz CT molecular complexity index is 1080. The van der Waals surface area contributed by atoms with Crippen molar-refractivity contribution in [3.63, 3.8) is 0 Å². The molecule has 0 amide bonds. The minimum absolute atomic E-state index is 0.000631. The topological polar surface area (TPSA) is 49.7 Å². The number of allylic oxidation sites excluding steroid dienone is 1. The third-order valence-electron chi connectivity index (χ3n) is 15.1. The maximum atomic E-state index is 13.0. The van der Waals surface area contributed by atoms with Gasteiger partial charge in [0.2, 0.25) is 0 Å². The fourth-order valence-corrected chi connectivity index (χ4v) is 12.9. The van der Waals surface area contributed by atoms with Crippen molar-refractivity contribution in [1.29, 1.82) is 0 Å². The fraction of sp³-hybridized carbons (Fsp3) is 0.946. The molecule has 4 aliphatic rings. The van der Waals surface area contributed by atoms with Crippen LogP contribution in [0.25, 0.3) is 0 Å². The number of fused-ring (bicyclic) bond motifs is 5. The normalized spacial score (nSPS) is 39.7. The summed E-state index contributed by atoms with van der Waals surface area (Å²) in [6.07, 6.45) is 6.19. The summed E-state index contributed by atoms with van der Waals surface area (Å²) in [5.74, 6) is 3.33. The number of aliphatic hydroxyl groups is 1. The predicted molar refractivity (Wildman–Crippen MR) is 185 cm³/mol. The van der Waals surface area contributed by atoms with Crippen LogP contribution >= 0.6 is 0 Å². The minimum Gasteiger partial charge on any atom is -0.432 e. The van der Waals surface area contributed by atoms with E-state index >= 15 is 0 Å². The van der Waals surface area contributed by atoms with Crippen LogP contribution in [0.4, 0.5) is 13.2 Å². The van der Waals surface area contributed by atoms with Crippen LogP contribution in [-0.2, 0) is 4.43 Å². The van der Waals surface area contributed by atoms with Gasteiger partial charge >= 0.3 is 6.18 Å². The molecule has 0 saturated heterocycles. The summed E-state index contributed by atoms with van der Waals surface area (Å²) in [6, 6.07) is 0. The average molecular weight is 673 g/mol. The predicted octanol–water partition coefficient (Wildman–Crippen LogP) is 10.7. The van der Waals surface area contributed by atoms with Crippen LogP contribution in [0.1, 0.15) is 113 Å². The molecular weight excluding hydrogens is 606 g/mol. The summed E-state index contributed by atoms with van der Waals surface area (Å²) < 4.78 is 46.2. The SMILES string of the molecule is C[C@H](/C=C/C(O)C(F)(F)F)[C@H]1CCC2C3C[C@H](CC(C)(C)[Si](C)(C)O)[C@@H]4C[C@H](O[Si](C)(C)C(C)(C)C)CC[C@]4(C)C3CC[C@@]21C. The third-order valence-corrected chi connectivity index (χ3v) is 23.2. The van der Waals surface area contributed by atoms with Gasteiger partial charge in [0.05, 0.1) is 0 Å². The van der Waals surface area contributed by atoms with Gasteiger partial charge in [0.15, 0.2) is 22.7 Å². The van der Waals surface area contributed by atoms with Crippen LogP contribution in [0.3, 0.4) is 0 Å². The van der Waals surface area contributed by atoms with Gasteiger partial charge in [-0.05, 0) is 146 Å². The largest absolute Gasteiger partial charge is 0.432 e. The Kier molecular flexibility index (Phi) is 10.3. The molecule has 11 atom stereocenters. The molecule has 0 bridgehead atoms. The van der Waals surface area contributed by atoms with Gasteiger partial charge in [-0.25, -0.2) is 0 Å². The molecule has 45 heavy (non-hydrogen) atoms. The summed E-state index contributed by atoms with van der Waals surface area (Å²) in [4.78, 5) is 11.4. The average Bonchev–Trinajstić information content (AvgIpc) is 3.23. The zero-order valence-electron chi connectivity index (χ0n) is 30.7. The molecule has 0 aromatic heterocycles. The van der Waals surface area contributed by atoms with E-state index in [0.29, 0.717) is 41.6 Å². The van der Waals surface area contributed by atoms with E-state index in [1.807, 2.05) is 0 Å². The Balaban J connectivity index is 1.63. The van der Waals surface area contributed by atoms with Crippen molar-refractivity contribution in [1.82, 2.24) is 0 Å². The Morgan fingerprint density at radius 2 is 1.42 bits per heavy atom. The number of hydrogen-bond donors (Lipinski definition) is 2. The van der Waals surface area contributed by atoms with Gasteiger partial charge in [0.1, 0.15) is 0 Å². The molecule has 3 nitrogen and oxygen atoms in total. The molecule has 2 N–H and O–H groups in total. The molecule has 0 spiro atoms. The van der Waals surface area contributed by atoms with Gasteiger partial charge in [-0.15, -0.1) is 0 Å². The summed E-state index contributed by atoms with van der Waals surface area (Å²) in [5.41, 5.74) is 0.352. The number of rotatable bonds is 8. The molecular formula is C37H67F3O3Si2. The van der Waals surface area contributed by atoms with Crippen molar-refractivity contribution in [2.75, 3.05) is 0 Å². The van der Waals surface area contributed by atoms with E-state index in [1.165, 1.54) is 19.3 Å². The van der Waals surface area contributed by atoms with Crippen molar-refractivity contribution in [3.8, 4) is 0 Å². The Morgan fingerprint density at radius 1 is 0.844 bits per heavy atom. The smallest absolute Gasteiger partial charge is 0.417 e. The number of aliphatic hydroxyl groups excluding tert-OH is 1. The van der Waals surface area contributed by atoms with E-state index in [1.54, 1.807) is 6.08 Å². The standard InChI is InChI=1S/C37H67F3O3Si2/c1-24(13-16-32(41)37(38,39)40)28-14-15-29-27-21-25(23-34(5,6)44(9,10)42)31-22-26(43-45(11,12)33(2,3)4)17-19-36(31,8)30(27)18-20-35(28,29)7/h13,16,24-32,41-42H,14-15,17-23H2,1-12H3/b16-13+/t24-,25-,26-,27?,28-,29?,30?,31+,32?,35-,36-/m1/s1. The second-order valence-electron chi connectivity index (χ2n) is 19.4. The first kappa shape index (κ1) is 37.7. The van der Waals surface area contributed by atoms with Crippen molar-refractivity contribution in [3.05, 3.63) is 12.2 Å². The van der Waals surface area contributed by atoms with Crippen molar-refractivity contribution >= 4 is 16.6 Å². The lowest BCUT2D eigenvalue weighted by atomic mass is 9.42. The lowest BCUT2D eigenvalue weighted by Gasteiger charge is -2.64. The first-order chi connectivity index (χ1) is 20.2. The molecule has 0 radical (unpaired) electrons.